The van der Waals surface area contributed by atoms with Crippen molar-refractivity contribution >= 4 is 72.4 Å². The van der Waals surface area contributed by atoms with Crippen molar-refractivity contribution in [1.82, 2.24) is 13.8 Å². The quantitative estimate of drug-likeness (QED) is 0.145. The van der Waals surface area contributed by atoms with E-state index in [0.29, 0.717) is 6.73 Å². The normalized spacial score (nSPS) is 13.4. The Morgan fingerprint density at radius 1 is 1.03 bits per heavy atom. The van der Waals surface area contributed by atoms with E-state index in [9.17, 15) is 0 Å². The summed E-state index contributed by atoms with van der Waals surface area (Å²) in [5, 5.41) is 1.51. The van der Waals surface area contributed by atoms with Crippen LogP contribution in [-0.4, -0.2) is 36.7 Å². The second kappa shape index (κ2) is 9.23. The Hall–Kier alpha value is -0.176. The van der Waals surface area contributed by atoms with Gasteiger partial charge in [0.1, 0.15) is 20.0 Å². The van der Waals surface area contributed by atoms with Crippen LogP contribution < -0.4 is 0 Å². The van der Waals surface area contributed by atoms with Gasteiger partial charge in [-0.3, -0.25) is 4.57 Å². The first-order valence-corrected chi connectivity index (χ1v) is 19.7. The number of aromatic nitrogens is 3. The number of hydrogen-bond acceptors (Lipinski definition) is 2. The molecule has 31 heavy (non-hydrogen) atoms. The minimum absolute atomic E-state index is 0.240. The molecule has 0 aliphatic rings. The molecule has 3 rings (SSSR count). The van der Waals surface area contributed by atoms with Gasteiger partial charge in [-0.05, 0) is 62.3 Å². The van der Waals surface area contributed by atoms with Crippen molar-refractivity contribution in [1.29, 1.82) is 0 Å². The third kappa shape index (κ3) is 5.33. The minimum atomic E-state index is -1.78. The Balaban J connectivity index is 2.08. The molecular weight excluding hydrogens is 644 g/mol. The van der Waals surface area contributed by atoms with Crippen molar-refractivity contribution in [2.45, 2.75) is 71.3 Å². The predicted octanol–water partition coefficient (Wildman–Crippen LogP) is 7.88. The molecule has 0 radical (unpaired) electrons. The van der Waals surface area contributed by atoms with Crippen LogP contribution >= 0.6 is 45.2 Å². The summed E-state index contributed by atoms with van der Waals surface area (Å²) in [5.74, 6) is 1.01. The highest BCUT2D eigenvalue weighted by atomic mass is 127. The van der Waals surface area contributed by atoms with Crippen molar-refractivity contribution in [2.24, 2.45) is 0 Å². The van der Waals surface area contributed by atoms with Gasteiger partial charge in [0.05, 0.1) is 0 Å². The van der Waals surface area contributed by atoms with Crippen LogP contribution in [0.4, 0.5) is 0 Å². The van der Waals surface area contributed by atoms with Crippen molar-refractivity contribution < 1.29 is 4.74 Å². The van der Waals surface area contributed by atoms with E-state index in [4.69, 9.17) is 9.72 Å². The zero-order valence-corrected chi connectivity index (χ0v) is 26.3. The third-order valence-electron chi connectivity index (χ3n) is 6.47. The summed E-state index contributed by atoms with van der Waals surface area (Å²) < 4.78 is 13.1. The average molecular weight is 680 g/mol. The zero-order chi connectivity index (χ0) is 23.2. The molecule has 0 aliphatic carbocycles. The number of ether oxygens (including phenoxy) is 1. The first-order chi connectivity index (χ1) is 14.2. The fourth-order valence-corrected chi connectivity index (χ4v) is 7.18. The third-order valence-corrected chi connectivity index (χ3v) is 16.3. The number of hydrogen-bond donors (Lipinski definition) is 0. The highest BCUT2D eigenvalue weighted by Gasteiger charge is 2.39. The Kier molecular flexibility index (Phi) is 7.57. The van der Waals surface area contributed by atoms with Crippen molar-refractivity contribution in [3.05, 3.63) is 37.9 Å². The van der Waals surface area contributed by atoms with Crippen LogP contribution in [0.15, 0.2) is 30.5 Å². The van der Waals surface area contributed by atoms with E-state index in [0.717, 1.165) is 19.8 Å². The molecule has 0 aliphatic heterocycles. The van der Waals surface area contributed by atoms with E-state index in [2.05, 4.69) is 138 Å². The van der Waals surface area contributed by atoms with E-state index < -0.39 is 16.3 Å². The summed E-state index contributed by atoms with van der Waals surface area (Å²) in [5.41, 5.74) is 2.51. The second-order valence-corrected chi connectivity index (χ2v) is 23.8. The standard InChI is InChI=1S/C23H35I2N3OSi2/c1-23(2,3)31(7,8)28-15-18(17-11-9-10-12-19(17)28)22-26-20(24)21(25)27(22)16-29-13-14-30(4,5)6/h9-12,15H,13-14,16H2,1-8H3. The van der Waals surface area contributed by atoms with Gasteiger partial charge in [-0.25, -0.2) is 4.98 Å². The molecule has 0 bridgehead atoms. The van der Waals surface area contributed by atoms with E-state index in [1.807, 2.05) is 0 Å². The maximum absolute atomic E-state index is 6.14. The highest BCUT2D eigenvalue weighted by Crippen LogP contribution is 2.41. The summed E-state index contributed by atoms with van der Waals surface area (Å²) in [6, 6.07) is 9.95. The number of fused-ring (bicyclic) bond motifs is 1. The summed E-state index contributed by atoms with van der Waals surface area (Å²) in [6.07, 6.45) is 2.36. The number of halogens is 2. The molecule has 0 unspecified atom stereocenters. The van der Waals surface area contributed by atoms with Gasteiger partial charge in [0, 0.05) is 37.3 Å². The van der Waals surface area contributed by atoms with Crippen LogP contribution in [0.25, 0.3) is 22.3 Å². The van der Waals surface area contributed by atoms with E-state index in [1.54, 1.807) is 0 Å². The van der Waals surface area contributed by atoms with Gasteiger partial charge in [0.25, 0.3) is 0 Å². The molecule has 0 atom stereocenters. The number of rotatable bonds is 7. The zero-order valence-electron chi connectivity index (χ0n) is 20.0. The van der Waals surface area contributed by atoms with Crippen LogP contribution in [0.1, 0.15) is 20.8 Å². The van der Waals surface area contributed by atoms with Gasteiger partial charge in [0.2, 0.25) is 0 Å². The largest absolute Gasteiger partial charge is 0.373 e. The second-order valence-electron chi connectivity index (χ2n) is 11.0. The summed E-state index contributed by atoms with van der Waals surface area (Å²) in [6.45, 7) is 20.6. The first-order valence-electron chi connectivity index (χ1n) is 10.8. The minimum Gasteiger partial charge on any atom is -0.373 e. The Labute approximate surface area is 216 Å². The lowest BCUT2D eigenvalue weighted by Gasteiger charge is -2.38. The molecular formula is C23H35I2N3OSi2. The molecule has 0 saturated heterocycles. The molecule has 0 saturated carbocycles. The topological polar surface area (TPSA) is 32.0 Å². The summed E-state index contributed by atoms with van der Waals surface area (Å²) in [7, 11) is -2.89. The Morgan fingerprint density at radius 3 is 2.29 bits per heavy atom. The molecule has 0 spiro atoms. The Morgan fingerprint density at radius 2 is 1.68 bits per heavy atom. The lowest BCUT2D eigenvalue weighted by atomic mass is 10.1. The van der Waals surface area contributed by atoms with E-state index in [1.165, 1.54) is 22.5 Å². The van der Waals surface area contributed by atoms with Gasteiger partial charge >= 0.3 is 0 Å². The fraction of sp³-hybridized carbons (Fsp3) is 0.522. The van der Waals surface area contributed by atoms with Crippen molar-refractivity contribution in [3.8, 4) is 11.4 Å². The smallest absolute Gasteiger partial charge is 0.161 e. The van der Waals surface area contributed by atoms with Crippen LogP contribution in [-0.2, 0) is 11.5 Å². The summed E-state index contributed by atoms with van der Waals surface area (Å²) >= 11 is 4.75. The first kappa shape index (κ1) is 25.4. The molecule has 0 N–H and O–H groups in total. The molecule has 4 nitrogen and oxygen atoms in total. The molecule has 170 valence electrons. The van der Waals surface area contributed by atoms with E-state index in [-0.39, 0.29) is 5.04 Å². The van der Waals surface area contributed by atoms with E-state index >= 15 is 0 Å². The van der Waals surface area contributed by atoms with Gasteiger partial charge in [-0.1, -0.05) is 71.7 Å². The molecule has 2 aromatic heterocycles. The van der Waals surface area contributed by atoms with Gasteiger partial charge in [0.15, 0.2) is 8.24 Å². The molecule has 0 amide bonds. The number of imidazole rings is 1. The van der Waals surface area contributed by atoms with Gasteiger partial charge < -0.3 is 8.97 Å². The van der Waals surface area contributed by atoms with Gasteiger partial charge in [-0.15, -0.1) is 0 Å². The fourth-order valence-electron chi connectivity index (χ4n) is 3.44. The van der Waals surface area contributed by atoms with Crippen LogP contribution in [0.2, 0.25) is 43.8 Å². The molecule has 2 heterocycles. The van der Waals surface area contributed by atoms with Crippen molar-refractivity contribution in [2.75, 3.05) is 6.61 Å². The van der Waals surface area contributed by atoms with Crippen molar-refractivity contribution in [3.63, 3.8) is 0 Å². The van der Waals surface area contributed by atoms with Crippen LogP contribution in [0, 0.1) is 7.40 Å². The van der Waals surface area contributed by atoms with Crippen LogP contribution in [0.5, 0.6) is 0 Å². The predicted molar refractivity (Wildman–Crippen MR) is 155 cm³/mol. The van der Waals surface area contributed by atoms with Crippen LogP contribution in [0.3, 0.4) is 0 Å². The maximum Gasteiger partial charge on any atom is 0.161 e. The summed E-state index contributed by atoms with van der Waals surface area (Å²) in [4.78, 5) is 4.99. The van der Waals surface area contributed by atoms with Gasteiger partial charge in [-0.2, -0.15) is 0 Å². The Bertz CT molecular complexity index is 1080. The molecule has 1 aromatic carbocycles. The lowest BCUT2D eigenvalue weighted by Crippen LogP contribution is -2.44. The average Bonchev–Trinajstić information content (AvgIpc) is 3.16. The molecule has 8 heteroatoms. The maximum atomic E-state index is 6.14. The highest BCUT2D eigenvalue weighted by molar-refractivity contribution is 14.1. The monoisotopic (exact) mass is 679 g/mol. The molecule has 3 aromatic rings. The number of nitrogens with zero attached hydrogens (tertiary/aromatic N) is 3. The lowest BCUT2D eigenvalue weighted by molar-refractivity contribution is 0.0866. The SMILES string of the molecule is CC(C)(C)[Si](C)(C)n1cc(-c2nc(I)c(I)n2COCC[Si](C)(C)C)c2ccccc21. The molecule has 0 fully saturated rings. The number of benzene rings is 1. The number of para-hydroxylation sites is 1.